The first-order chi connectivity index (χ1) is 17.8. The Hall–Kier alpha value is -2.01. The molecule has 1 aliphatic rings. The van der Waals surface area contributed by atoms with Crippen molar-refractivity contribution in [3.05, 3.63) is 29.5 Å². The number of carbonyl (C=O) groups is 1. The number of aromatic nitrogens is 2. The van der Waals surface area contributed by atoms with E-state index < -0.39 is 0 Å². The summed E-state index contributed by atoms with van der Waals surface area (Å²) in [6.45, 7) is 17.7. The fourth-order valence-corrected chi connectivity index (χ4v) is 4.70. The van der Waals surface area contributed by atoms with E-state index in [1.807, 2.05) is 0 Å². The van der Waals surface area contributed by atoms with Crippen molar-refractivity contribution >= 4 is 22.9 Å². The number of rotatable bonds is 12. The van der Waals surface area contributed by atoms with Crippen molar-refractivity contribution in [1.29, 1.82) is 5.41 Å². The van der Waals surface area contributed by atoms with Gasteiger partial charge in [0.05, 0.1) is 17.1 Å². The zero-order valence-electron chi connectivity index (χ0n) is 25.0. The zero-order valence-corrected chi connectivity index (χ0v) is 25.0. The minimum atomic E-state index is -0.219. The molecule has 3 rings (SSSR count). The Morgan fingerprint density at radius 1 is 1.08 bits per heavy atom. The second kappa shape index (κ2) is 19.1. The topological polar surface area (TPSA) is 81.6 Å². The molecule has 1 saturated heterocycles. The van der Waals surface area contributed by atoms with Crippen LogP contribution in [-0.2, 0) is 4.79 Å². The number of carbonyl (C=O) groups excluding carboxylic acids is 1. The number of nitrogens with zero attached hydrogens (tertiary/aromatic N) is 1. The molecule has 1 aliphatic heterocycles. The summed E-state index contributed by atoms with van der Waals surface area (Å²) >= 11 is 0. The van der Waals surface area contributed by atoms with Crippen molar-refractivity contribution < 1.29 is 4.79 Å². The lowest BCUT2D eigenvalue weighted by Crippen LogP contribution is -2.27. The third-order valence-electron chi connectivity index (χ3n) is 7.57. The molecule has 1 aromatic heterocycles. The molecule has 2 aromatic rings. The van der Waals surface area contributed by atoms with Crippen LogP contribution < -0.4 is 5.32 Å². The fraction of sp³-hybridized carbons (Fsp3) is 0.719. The van der Waals surface area contributed by atoms with Crippen LogP contribution in [0.5, 0.6) is 0 Å². The van der Waals surface area contributed by atoms with E-state index in [4.69, 9.17) is 5.41 Å². The molecule has 0 aliphatic carbocycles. The Morgan fingerprint density at radius 2 is 1.70 bits per heavy atom. The molecule has 1 aromatic carbocycles. The van der Waals surface area contributed by atoms with E-state index in [1.54, 1.807) is 6.92 Å². The van der Waals surface area contributed by atoms with Crippen molar-refractivity contribution in [3.8, 4) is 0 Å². The van der Waals surface area contributed by atoms with Crippen molar-refractivity contribution in [2.45, 2.75) is 125 Å². The Balaban J connectivity index is 0.000000430. The first-order valence-corrected chi connectivity index (χ1v) is 15.0. The second-order valence-corrected chi connectivity index (χ2v) is 11.2. The number of hydrogen-bond acceptors (Lipinski definition) is 4. The highest BCUT2D eigenvalue weighted by molar-refractivity contribution is 5.86. The predicted molar refractivity (Wildman–Crippen MR) is 161 cm³/mol. The van der Waals surface area contributed by atoms with Gasteiger partial charge in [-0.2, -0.15) is 5.10 Å². The van der Waals surface area contributed by atoms with Crippen LogP contribution in [-0.4, -0.2) is 35.3 Å². The lowest BCUT2D eigenvalue weighted by Gasteiger charge is -2.20. The minimum absolute atomic E-state index is 0.219. The zero-order chi connectivity index (χ0) is 27.6. The summed E-state index contributed by atoms with van der Waals surface area (Å²) in [4.78, 5) is 11.5. The molecule has 3 N–H and O–H groups in total. The number of benzene rings is 1. The quantitative estimate of drug-likeness (QED) is 0.196. The number of nitrogens with one attached hydrogen (secondary N) is 3. The monoisotopic (exact) mass is 512 g/mol. The largest absolute Gasteiger partial charge is 0.317 e. The molecule has 2 heterocycles. The van der Waals surface area contributed by atoms with Gasteiger partial charge in [-0.25, -0.2) is 0 Å². The van der Waals surface area contributed by atoms with Crippen LogP contribution in [0.15, 0.2) is 18.2 Å². The Kier molecular flexibility index (Phi) is 17.1. The van der Waals surface area contributed by atoms with Crippen LogP contribution in [0.2, 0.25) is 0 Å². The molecule has 0 bridgehead atoms. The summed E-state index contributed by atoms with van der Waals surface area (Å²) in [7, 11) is 0. The normalized spacial score (nSPS) is 14.6. The standard InChI is InChI=1S/C20H29N3O.C7H15N.C5H12/c1-4-6-15(7-5-2)16-10-11-18-19(12-16)22-23-20(18)17(13-24)9-8-14(3)21;1-2-7-3-5-8-6-4-7;1-4-5(2)3/h10-13,15,17,21H,4-9H2,1-3H3,(H,22,23);7-8H,2-6H2,1H3;5H,4H2,1-3H3. The first kappa shape index (κ1) is 33.0. The molecule has 0 spiro atoms. The highest BCUT2D eigenvalue weighted by Gasteiger charge is 2.18. The van der Waals surface area contributed by atoms with E-state index in [-0.39, 0.29) is 5.92 Å². The maximum absolute atomic E-state index is 11.5. The molecule has 1 unspecified atom stereocenters. The van der Waals surface area contributed by atoms with Gasteiger partial charge in [-0.15, -0.1) is 0 Å². The molecule has 0 radical (unpaired) electrons. The Bertz CT molecular complexity index is 876. The summed E-state index contributed by atoms with van der Waals surface area (Å²) in [5.41, 5.74) is 3.78. The fourth-order valence-electron chi connectivity index (χ4n) is 4.70. The molecular formula is C32H56N4O. The molecule has 37 heavy (non-hydrogen) atoms. The highest BCUT2D eigenvalue weighted by atomic mass is 16.1. The third kappa shape index (κ3) is 12.4. The van der Waals surface area contributed by atoms with Crippen LogP contribution in [0.1, 0.15) is 136 Å². The average Bonchev–Trinajstić information content (AvgIpc) is 3.33. The van der Waals surface area contributed by atoms with E-state index >= 15 is 0 Å². The van der Waals surface area contributed by atoms with Crippen LogP contribution in [0.25, 0.3) is 10.9 Å². The van der Waals surface area contributed by atoms with Gasteiger partial charge in [-0.3, -0.25) is 5.10 Å². The third-order valence-corrected chi connectivity index (χ3v) is 7.57. The van der Waals surface area contributed by atoms with Gasteiger partial charge in [0.15, 0.2) is 0 Å². The van der Waals surface area contributed by atoms with Gasteiger partial charge in [-0.05, 0) is 87.9 Å². The van der Waals surface area contributed by atoms with Crippen molar-refractivity contribution in [2.24, 2.45) is 11.8 Å². The van der Waals surface area contributed by atoms with Crippen LogP contribution in [0.3, 0.4) is 0 Å². The van der Waals surface area contributed by atoms with Gasteiger partial charge in [0.1, 0.15) is 6.29 Å². The van der Waals surface area contributed by atoms with Gasteiger partial charge in [0, 0.05) is 11.1 Å². The number of hydrogen-bond donors (Lipinski definition) is 3. The van der Waals surface area contributed by atoms with Gasteiger partial charge >= 0.3 is 0 Å². The lowest BCUT2D eigenvalue weighted by molar-refractivity contribution is -0.109. The van der Waals surface area contributed by atoms with Crippen LogP contribution >= 0.6 is 0 Å². The number of H-pyrrole nitrogens is 1. The van der Waals surface area contributed by atoms with E-state index in [0.29, 0.717) is 24.5 Å². The summed E-state index contributed by atoms with van der Waals surface area (Å²) in [5.74, 6) is 2.28. The summed E-state index contributed by atoms with van der Waals surface area (Å²) in [5, 5.41) is 19.5. The summed E-state index contributed by atoms with van der Waals surface area (Å²) < 4.78 is 0. The number of piperidine rings is 1. The maximum Gasteiger partial charge on any atom is 0.129 e. The Morgan fingerprint density at radius 3 is 2.16 bits per heavy atom. The first-order valence-electron chi connectivity index (χ1n) is 15.0. The molecule has 210 valence electrons. The van der Waals surface area contributed by atoms with E-state index in [1.165, 1.54) is 70.0 Å². The molecule has 0 saturated carbocycles. The van der Waals surface area contributed by atoms with E-state index in [2.05, 4.69) is 75.3 Å². The van der Waals surface area contributed by atoms with Gasteiger partial charge in [0.2, 0.25) is 0 Å². The maximum atomic E-state index is 11.5. The number of fused-ring (bicyclic) bond motifs is 1. The van der Waals surface area contributed by atoms with Crippen molar-refractivity contribution in [1.82, 2.24) is 15.5 Å². The molecule has 5 nitrogen and oxygen atoms in total. The van der Waals surface area contributed by atoms with Crippen molar-refractivity contribution in [2.75, 3.05) is 13.1 Å². The smallest absolute Gasteiger partial charge is 0.129 e. The average molecular weight is 513 g/mol. The van der Waals surface area contributed by atoms with E-state index in [9.17, 15) is 4.79 Å². The van der Waals surface area contributed by atoms with Crippen LogP contribution in [0, 0.1) is 17.2 Å². The minimum Gasteiger partial charge on any atom is -0.317 e. The SMILES string of the molecule is CCC(C)C.CCC1CCNCC1.CCCC(CCC)c1ccc2c(C(C=O)CCC(C)=N)[nH]nc2c1. The van der Waals surface area contributed by atoms with Gasteiger partial charge in [0.25, 0.3) is 0 Å². The molecule has 5 heteroatoms. The second-order valence-electron chi connectivity index (χ2n) is 11.2. The van der Waals surface area contributed by atoms with E-state index in [0.717, 1.165) is 34.7 Å². The van der Waals surface area contributed by atoms with Gasteiger partial charge in [-0.1, -0.05) is 79.4 Å². The molecule has 1 fully saturated rings. The lowest BCUT2D eigenvalue weighted by atomic mass is 9.89. The van der Waals surface area contributed by atoms with Crippen molar-refractivity contribution in [3.63, 3.8) is 0 Å². The number of aldehydes is 1. The molecular weight excluding hydrogens is 456 g/mol. The highest BCUT2D eigenvalue weighted by Crippen LogP contribution is 2.31. The Labute approximate surface area is 227 Å². The molecule has 1 atom stereocenters. The van der Waals surface area contributed by atoms with Gasteiger partial charge < -0.3 is 15.5 Å². The predicted octanol–water partition coefficient (Wildman–Crippen LogP) is 8.80. The number of aromatic amines is 1. The summed E-state index contributed by atoms with van der Waals surface area (Å²) in [6, 6.07) is 6.48. The van der Waals surface area contributed by atoms with Crippen LogP contribution in [0.4, 0.5) is 0 Å². The molecule has 0 amide bonds. The summed E-state index contributed by atoms with van der Waals surface area (Å²) in [6.07, 6.45) is 12.5.